The first kappa shape index (κ1) is 15.5. The fourth-order valence-electron chi connectivity index (χ4n) is 3.64. The molecular weight excluding hydrogens is 318 g/mol. The van der Waals surface area contributed by atoms with Crippen LogP contribution in [0.3, 0.4) is 0 Å². The van der Waals surface area contributed by atoms with Crippen LogP contribution >= 0.6 is 11.8 Å². The lowest BCUT2D eigenvalue weighted by Gasteiger charge is -2.23. The van der Waals surface area contributed by atoms with E-state index in [1.165, 1.54) is 6.42 Å². The van der Waals surface area contributed by atoms with Gasteiger partial charge < -0.3 is 16.4 Å². The Morgan fingerprint density at radius 2 is 1.92 bits per heavy atom. The minimum atomic E-state index is 0.0309. The molecule has 1 heterocycles. The van der Waals surface area contributed by atoms with Crippen molar-refractivity contribution in [3.8, 4) is 0 Å². The average molecular weight is 339 g/mol. The van der Waals surface area contributed by atoms with Crippen molar-refractivity contribution in [2.45, 2.75) is 34.7 Å². The summed E-state index contributed by atoms with van der Waals surface area (Å²) in [6, 6.07) is 16.5. The van der Waals surface area contributed by atoms with Gasteiger partial charge in [-0.3, -0.25) is 4.79 Å². The largest absolute Gasteiger partial charge is 0.398 e. The van der Waals surface area contributed by atoms with Crippen molar-refractivity contribution in [1.82, 2.24) is 10.6 Å². The molecule has 1 aliphatic carbocycles. The minimum absolute atomic E-state index is 0.0309. The number of amides is 1. The lowest BCUT2D eigenvalue weighted by Crippen LogP contribution is -2.44. The highest BCUT2D eigenvalue weighted by Crippen LogP contribution is 2.33. The van der Waals surface area contributed by atoms with E-state index in [9.17, 15) is 4.79 Å². The summed E-state index contributed by atoms with van der Waals surface area (Å²) in [7, 11) is 0. The summed E-state index contributed by atoms with van der Waals surface area (Å²) in [5, 5.41) is 6.67. The van der Waals surface area contributed by atoms with Gasteiger partial charge in [-0.2, -0.15) is 0 Å². The van der Waals surface area contributed by atoms with Crippen molar-refractivity contribution < 1.29 is 4.79 Å². The van der Waals surface area contributed by atoms with Crippen molar-refractivity contribution in [3.63, 3.8) is 0 Å². The Morgan fingerprint density at radius 3 is 2.58 bits per heavy atom. The van der Waals surface area contributed by atoms with Crippen LogP contribution in [0.4, 0.5) is 5.69 Å². The Kier molecular flexibility index (Phi) is 4.21. The van der Waals surface area contributed by atoms with Crippen molar-refractivity contribution in [1.29, 1.82) is 0 Å². The molecule has 4 nitrogen and oxygen atoms in total. The van der Waals surface area contributed by atoms with Gasteiger partial charge in [0.05, 0.1) is 0 Å². The Bertz CT molecular complexity index is 747. The van der Waals surface area contributed by atoms with E-state index in [-0.39, 0.29) is 5.91 Å². The normalized spacial score (nSPS) is 24.9. The van der Waals surface area contributed by atoms with Gasteiger partial charge in [-0.15, -0.1) is 0 Å². The quantitative estimate of drug-likeness (QED) is 0.749. The van der Waals surface area contributed by atoms with Gasteiger partial charge in [0.2, 0.25) is 0 Å². The molecule has 0 aromatic heterocycles. The molecule has 1 saturated heterocycles. The molecule has 4 N–H and O–H groups in total. The van der Waals surface area contributed by atoms with Crippen LogP contribution in [0.25, 0.3) is 0 Å². The molecule has 5 heteroatoms. The van der Waals surface area contributed by atoms with Crippen LogP contribution in [0.15, 0.2) is 58.3 Å². The number of piperidine rings is 1. The van der Waals surface area contributed by atoms with Gasteiger partial charge in [0.1, 0.15) is 0 Å². The molecule has 2 aromatic carbocycles. The topological polar surface area (TPSA) is 67.2 Å². The molecule has 2 fully saturated rings. The van der Waals surface area contributed by atoms with Gasteiger partial charge in [-0.05, 0) is 55.2 Å². The number of hydrogen-bond donors (Lipinski definition) is 3. The first-order valence-corrected chi connectivity index (χ1v) is 9.17. The molecule has 2 aromatic rings. The number of rotatable bonds is 4. The number of nitrogen functional groups attached to an aromatic ring is 1. The number of nitrogens with one attached hydrogen (secondary N) is 2. The van der Waals surface area contributed by atoms with Crippen molar-refractivity contribution >= 4 is 23.4 Å². The second-order valence-corrected chi connectivity index (χ2v) is 7.70. The van der Waals surface area contributed by atoms with E-state index in [1.807, 2.05) is 48.5 Å². The number of fused-ring (bicyclic) bond motifs is 2. The molecule has 24 heavy (non-hydrogen) atoms. The van der Waals surface area contributed by atoms with Gasteiger partial charge in [0.25, 0.3) is 5.91 Å². The number of hydrogen-bond acceptors (Lipinski definition) is 4. The first-order chi connectivity index (χ1) is 11.7. The number of nitrogens with two attached hydrogens (primary N) is 1. The highest BCUT2D eigenvalue weighted by molar-refractivity contribution is 7.99. The Morgan fingerprint density at radius 1 is 1.12 bits per heavy atom. The molecule has 1 saturated carbocycles. The first-order valence-electron chi connectivity index (χ1n) is 8.36. The molecule has 0 spiro atoms. The molecular formula is C19H21N3OS. The predicted octanol–water partition coefficient (Wildman–Crippen LogP) is 2.90. The molecule has 2 bridgehead atoms. The number of carbonyl (C=O) groups is 1. The smallest absolute Gasteiger partial charge is 0.251 e. The van der Waals surface area contributed by atoms with E-state index in [0.717, 1.165) is 34.0 Å². The average Bonchev–Trinajstić information content (AvgIpc) is 3.20. The van der Waals surface area contributed by atoms with E-state index in [1.54, 1.807) is 11.8 Å². The summed E-state index contributed by atoms with van der Waals surface area (Å²) in [6.07, 6.45) is 2.25. The van der Waals surface area contributed by atoms with Gasteiger partial charge in [-0.25, -0.2) is 0 Å². The third-order valence-electron chi connectivity index (χ3n) is 4.94. The third-order valence-corrected chi connectivity index (χ3v) is 6.04. The molecule has 0 radical (unpaired) electrons. The summed E-state index contributed by atoms with van der Waals surface area (Å²) >= 11 is 1.61. The number of carbonyl (C=O) groups excluding carboxylic acids is 1. The van der Waals surface area contributed by atoms with Gasteiger partial charge in [-0.1, -0.05) is 23.9 Å². The van der Waals surface area contributed by atoms with E-state index in [2.05, 4.69) is 10.6 Å². The van der Waals surface area contributed by atoms with E-state index >= 15 is 0 Å². The van der Waals surface area contributed by atoms with Crippen LogP contribution < -0.4 is 16.4 Å². The number of anilines is 1. The van der Waals surface area contributed by atoms with Gasteiger partial charge in [0, 0.05) is 39.7 Å². The molecule has 1 amide bonds. The third kappa shape index (κ3) is 3.14. The number of para-hydroxylation sites is 1. The zero-order valence-electron chi connectivity index (χ0n) is 13.4. The lowest BCUT2D eigenvalue weighted by molar-refractivity contribution is 0.0925. The standard InChI is InChI=1S/C19H21N3OS/c20-16-3-1-2-4-18(16)24-15-7-5-12(6-8-15)19(23)22-17-10-14-9-13(17)11-21-14/h1-8,13-14,17,21H,9-11,20H2,(H,22,23). The maximum absolute atomic E-state index is 12.4. The summed E-state index contributed by atoms with van der Waals surface area (Å²) in [4.78, 5) is 14.6. The summed E-state index contributed by atoms with van der Waals surface area (Å²) in [6.45, 7) is 1.03. The van der Waals surface area contributed by atoms with Crippen LogP contribution in [-0.4, -0.2) is 24.5 Å². The van der Waals surface area contributed by atoms with Crippen LogP contribution in [0.5, 0.6) is 0 Å². The Labute approximate surface area is 146 Å². The van der Waals surface area contributed by atoms with Crippen LogP contribution in [0.1, 0.15) is 23.2 Å². The Hall–Kier alpha value is -1.98. The second-order valence-electron chi connectivity index (χ2n) is 6.58. The number of benzene rings is 2. The van der Waals surface area contributed by atoms with Gasteiger partial charge >= 0.3 is 0 Å². The van der Waals surface area contributed by atoms with Crippen LogP contribution in [-0.2, 0) is 0 Å². The summed E-state index contributed by atoms with van der Waals surface area (Å²) in [5.41, 5.74) is 7.47. The minimum Gasteiger partial charge on any atom is -0.398 e. The zero-order chi connectivity index (χ0) is 16.5. The maximum atomic E-state index is 12.4. The van der Waals surface area contributed by atoms with Crippen LogP contribution in [0, 0.1) is 5.92 Å². The molecule has 124 valence electrons. The zero-order valence-corrected chi connectivity index (χ0v) is 14.2. The lowest BCUT2D eigenvalue weighted by atomic mass is 10.0. The second kappa shape index (κ2) is 6.49. The maximum Gasteiger partial charge on any atom is 0.251 e. The Balaban J connectivity index is 1.40. The fraction of sp³-hybridized carbons (Fsp3) is 0.316. The van der Waals surface area contributed by atoms with Crippen molar-refractivity contribution in [2.75, 3.05) is 12.3 Å². The van der Waals surface area contributed by atoms with Crippen molar-refractivity contribution in [3.05, 3.63) is 54.1 Å². The van der Waals surface area contributed by atoms with E-state index < -0.39 is 0 Å². The summed E-state index contributed by atoms with van der Waals surface area (Å²) in [5.74, 6) is 0.623. The SMILES string of the molecule is Nc1ccccc1Sc1ccc(C(=O)NC2CC3CC2CN3)cc1. The molecule has 2 aliphatic rings. The van der Waals surface area contributed by atoms with Crippen LogP contribution in [0.2, 0.25) is 0 Å². The van der Waals surface area contributed by atoms with Crippen molar-refractivity contribution in [2.24, 2.45) is 5.92 Å². The molecule has 1 aliphatic heterocycles. The highest BCUT2D eigenvalue weighted by atomic mass is 32.2. The molecule has 3 unspecified atom stereocenters. The van der Waals surface area contributed by atoms with E-state index in [0.29, 0.717) is 18.0 Å². The predicted molar refractivity (Wildman–Crippen MR) is 97.2 cm³/mol. The molecule has 3 atom stereocenters. The monoisotopic (exact) mass is 339 g/mol. The van der Waals surface area contributed by atoms with Gasteiger partial charge in [0.15, 0.2) is 0 Å². The van der Waals surface area contributed by atoms with E-state index in [4.69, 9.17) is 5.73 Å². The fourth-order valence-corrected chi connectivity index (χ4v) is 4.50. The highest BCUT2D eigenvalue weighted by Gasteiger charge is 2.39. The summed E-state index contributed by atoms with van der Waals surface area (Å²) < 4.78 is 0. The molecule has 4 rings (SSSR count).